The predicted molar refractivity (Wildman–Crippen MR) is 135 cm³/mol. The normalized spacial score (nSPS) is 13.8. The summed E-state index contributed by atoms with van der Waals surface area (Å²) in [6.45, 7) is 4.47. The van der Waals surface area contributed by atoms with E-state index in [1.165, 1.54) is 23.5 Å². The van der Waals surface area contributed by atoms with Crippen molar-refractivity contribution < 1.29 is 17.9 Å². The third-order valence-electron chi connectivity index (χ3n) is 5.99. The van der Waals surface area contributed by atoms with Crippen LogP contribution in [-0.4, -0.2) is 40.6 Å². The van der Waals surface area contributed by atoms with Gasteiger partial charge in [-0.2, -0.15) is 0 Å². The lowest BCUT2D eigenvalue weighted by molar-refractivity contribution is -0.118. The molecule has 8 heteroatoms. The minimum Gasteiger partial charge on any atom is -0.495 e. The first-order chi connectivity index (χ1) is 16.4. The van der Waals surface area contributed by atoms with Crippen LogP contribution in [0.3, 0.4) is 0 Å². The molecule has 0 unspecified atom stereocenters. The monoisotopic (exact) mass is 479 g/mol. The molecule has 4 rings (SSSR count). The third kappa shape index (κ3) is 4.46. The maximum absolute atomic E-state index is 13.5. The van der Waals surface area contributed by atoms with Gasteiger partial charge in [0.15, 0.2) is 0 Å². The molecule has 0 radical (unpaired) electrons. The van der Waals surface area contributed by atoms with E-state index in [9.17, 15) is 13.2 Å². The molecule has 7 nitrogen and oxygen atoms in total. The Balaban J connectivity index is 1.61. The fraction of sp³-hybridized carbons (Fsp3) is 0.269. The number of anilines is 3. The quantitative estimate of drug-likeness (QED) is 0.521. The van der Waals surface area contributed by atoms with Crippen LogP contribution in [0.4, 0.5) is 17.1 Å². The lowest BCUT2D eigenvalue weighted by Crippen LogP contribution is -2.40. The summed E-state index contributed by atoms with van der Waals surface area (Å²) in [7, 11) is -2.31. The summed E-state index contributed by atoms with van der Waals surface area (Å²) in [6.07, 6.45) is 0.817. The Morgan fingerprint density at radius 2 is 1.79 bits per heavy atom. The van der Waals surface area contributed by atoms with Crippen molar-refractivity contribution in [3.8, 4) is 5.75 Å². The highest BCUT2D eigenvalue weighted by Crippen LogP contribution is 2.32. The van der Waals surface area contributed by atoms with Crippen LogP contribution in [0.25, 0.3) is 0 Å². The molecule has 0 aromatic heterocycles. The van der Waals surface area contributed by atoms with E-state index in [0.29, 0.717) is 23.7 Å². The van der Waals surface area contributed by atoms with Crippen LogP contribution in [0.1, 0.15) is 19.4 Å². The number of benzene rings is 3. The second-order valence-electron chi connectivity index (χ2n) is 8.10. The van der Waals surface area contributed by atoms with Gasteiger partial charge in [-0.1, -0.05) is 36.4 Å². The maximum Gasteiger partial charge on any atom is 0.264 e. The topological polar surface area (TPSA) is 79.0 Å². The zero-order chi connectivity index (χ0) is 24.3. The molecule has 1 aliphatic heterocycles. The molecule has 3 aromatic carbocycles. The summed E-state index contributed by atoms with van der Waals surface area (Å²) in [4.78, 5) is 15.1. The Hall–Kier alpha value is -3.52. The van der Waals surface area contributed by atoms with Crippen molar-refractivity contribution in [1.82, 2.24) is 0 Å². The highest BCUT2D eigenvalue weighted by atomic mass is 32.2. The number of amides is 1. The van der Waals surface area contributed by atoms with E-state index in [4.69, 9.17) is 4.74 Å². The first-order valence-electron chi connectivity index (χ1n) is 11.3. The lowest BCUT2D eigenvalue weighted by atomic mass is 10.2. The summed E-state index contributed by atoms with van der Waals surface area (Å²) >= 11 is 0. The Morgan fingerprint density at radius 1 is 1.09 bits per heavy atom. The van der Waals surface area contributed by atoms with Gasteiger partial charge in [0.05, 0.1) is 23.4 Å². The summed E-state index contributed by atoms with van der Waals surface area (Å²) in [5, 5.41) is 3.18. The Bertz CT molecular complexity index is 1280. The zero-order valence-corrected chi connectivity index (χ0v) is 20.4. The Kier molecular flexibility index (Phi) is 6.79. The minimum absolute atomic E-state index is 0.0836. The second-order valence-corrected chi connectivity index (χ2v) is 9.96. The fourth-order valence-electron chi connectivity index (χ4n) is 4.27. The number of carbonyl (C=O) groups is 1. The number of hydrogen-bond donors (Lipinski definition) is 1. The van der Waals surface area contributed by atoms with Gasteiger partial charge in [0.25, 0.3) is 10.0 Å². The maximum atomic E-state index is 13.5. The van der Waals surface area contributed by atoms with Gasteiger partial charge in [-0.3, -0.25) is 9.10 Å². The lowest BCUT2D eigenvalue weighted by Gasteiger charge is -2.25. The molecule has 0 fully saturated rings. The summed E-state index contributed by atoms with van der Waals surface area (Å²) < 4.78 is 33.7. The smallest absolute Gasteiger partial charge is 0.264 e. The van der Waals surface area contributed by atoms with Crippen LogP contribution in [0, 0.1) is 0 Å². The number of fused-ring (bicyclic) bond motifs is 1. The van der Waals surface area contributed by atoms with Crippen molar-refractivity contribution in [3.63, 3.8) is 0 Å². The van der Waals surface area contributed by atoms with Crippen molar-refractivity contribution in [2.45, 2.75) is 31.2 Å². The number of ether oxygens (including phenoxy) is 1. The number of methoxy groups -OCH3 is 1. The molecule has 0 spiro atoms. The predicted octanol–water partition coefficient (Wildman–Crippen LogP) is 4.30. The summed E-state index contributed by atoms with van der Waals surface area (Å²) in [5.74, 6) is 0.378. The molecule has 3 aromatic rings. The van der Waals surface area contributed by atoms with Crippen LogP contribution in [-0.2, 0) is 21.2 Å². The van der Waals surface area contributed by atoms with Gasteiger partial charge in [-0.25, -0.2) is 8.42 Å². The van der Waals surface area contributed by atoms with Gasteiger partial charge < -0.3 is 15.0 Å². The van der Waals surface area contributed by atoms with E-state index in [0.717, 1.165) is 17.7 Å². The number of sulfonamides is 1. The highest BCUT2D eigenvalue weighted by Gasteiger charge is 2.29. The molecule has 1 N–H and O–H groups in total. The van der Waals surface area contributed by atoms with Gasteiger partial charge in [0, 0.05) is 18.8 Å². The standard InChI is InChI=1S/C26H29N3O4S/c1-4-29(21-11-6-5-7-12-21)34(31,32)22-14-15-25(33-3)23(18-22)27-19(2)26(30)28-17-16-20-10-8-9-13-24(20)28/h5-15,18-19,27H,4,16-17H2,1-3H3/t19-/m1/s1. The Morgan fingerprint density at radius 3 is 2.50 bits per heavy atom. The summed E-state index contributed by atoms with van der Waals surface area (Å²) in [5.41, 5.74) is 3.10. The first kappa shape index (κ1) is 23.6. The van der Waals surface area contributed by atoms with Crippen LogP contribution in [0.15, 0.2) is 77.7 Å². The molecular formula is C26H29N3O4S. The largest absolute Gasteiger partial charge is 0.495 e. The number of hydrogen-bond acceptors (Lipinski definition) is 5. The number of nitrogens with zero attached hydrogens (tertiary/aromatic N) is 2. The van der Waals surface area contributed by atoms with Gasteiger partial charge in [-0.05, 0) is 62.2 Å². The average molecular weight is 480 g/mol. The Labute approximate surface area is 201 Å². The molecule has 1 amide bonds. The molecular weight excluding hydrogens is 450 g/mol. The third-order valence-corrected chi connectivity index (χ3v) is 7.88. The van der Waals surface area contributed by atoms with Crippen molar-refractivity contribution in [3.05, 3.63) is 78.4 Å². The van der Waals surface area contributed by atoms with E-state index in [-0.39, 0.29) is 17.3 Å². The zero-order valence-electron chi connectivity index (χ0n) is 19.6. The van der Waals surface area contributed by atoms with E-state index >= 15 is 0 Å². The minimum atomic E-state index is -3.82. The van der Waals surface area contributed by atoms with E-state index in [1.807, 2.05) is 30.3 Å². The second kappa shape index (κ2) is 9.77. The SMILES string of the molecule is CCN(c1ccccc1)S(=O)(=O)c1ccc(OC)c(N[C@H](C)C(=O)N2CCc3ccccc32)c1. The van der Waals surface area contributed by atoms with Crippen LogP contribution < -0.4 is 19.3 Å². The van der Waals surface area contributed by atoms with Gasteiger partial charge in [-0.15, -0.1) is 0 Å². The molecule has 178 valence electrons. The number of para-hydroxylation sites is 2. The van der Waals surface area contributed by atoms with Gasteiger partial charge in [0.2, 0.25) is 5.91 Å². The van der Waals surface area contributed by atoms with Crippen molar-refractivity contribution in [2.24, 2.45) is 0 Å². The van der Waals surface area contributed by atoms with Crippen LogP contribution in [0.5, 0.6) is 5.75 Å². The molecule has 0 aliphatic carbocycles. The molecule has 34 heavy (non-hydrogen) atoms. The van der Waals surface area contributed by atoms with Crippen molar-refractivity contribution in [2.75, 3.05) is 34.7 Å². The number of rotatable bonds is 8. The molecule has 0 saturated carbocycles. The average Bonchev–Trinajstić information content (AvgIpc) is 3.28. The molecule has 0 saturated heterocycles. The first-order valence-corrected chi connectivity index (χ1v) is 12.7. The van der Waals surface area contributed by atoms with Gasteiger partial charge >= 0.3 is 0 Å². The number of nitrogens with one attached hydrogen (secondary N) is 1. The molecule has 1 aliphatic rings. The van der Waals surface area contributed by atoms with E-state index < -0.39 is 16.1 Å². The van der Waals surface area contributed by atoms with E-state index in [2.05, 4.69) is 5.32 Å². The molecule has 1 atom stereocenters. The molecule has 0 bridgehead atoms. The van der Waals surface area contributed by atoms with E-state index in [1.54, 1.807) is 49.1 Å². The summed E-state index contributed by atoms with van der Waals surface area (Å²) in [6, 6.07) is 20.9. The highest BCUT2D eigenvalue weighted by molar-refractivity contribution is 7.92. The molecule has 1 heterocycles. The fourth-order valence-corrected chi connectivity index (χ4v) is 5.77. The van der Waals surface area contributed by atoms with Crippen LogP contribution >= 0.6 is 0 Å². The van der Waals surface area contributed by atoms with Crippen molar-refractivity contribution >= 4 is 33.0 Å². The van der Waals surface area contributed by atoms with Gasteiger partial charge in [0.1, 0.15) is 11.8 Å². The number of carbonyl (C=O) groups excluding carboxylic acids is 1. The van der Waals surface area contributed by atoms with Crippen molar-refractivity contribution in [1.29, 1.82) is 0 Å². The van der Waals surface area contributed by atoms with Crippen LogP contribution in [0.2, 0.25) is 0 Å².